The molecule has 282 valence electrons. The molecule has 6 aromatic rings. The molecule has 1 fully saturated rings. The summed E-state index contributed by atoms with van der Waals surface area (Å²) in [5.41, 5.74) is 1.28. The molecular formula is C43H34N2O11. The molecule has 13 nitrogen and oxygen atoms in total. The van der Waals surface area contributed by atoms with E-state index in [1.807, 2.05) is 0 Å². The van der Waals surface area contributed by atoms with E-state index in [0.717, 1.165) is 0 Å². The number of hydrogen-bond acceptors (Lipinski definition) is 13. The fourth-order valence-electron chi connectivity index (χ4n) is 5.98. The Bertz CT molecular complexity index is 2250. The number of esters is 4. The molecule has 5 aromatic carbocycles. The largest absolute Gasteiger partial charge is 0.497 e. The quantitative estimate of drug-likeness (QED) is 0.0957. The molecule has 1 aromatic heterocycles. The van der Waals surface area contributed by atoms with Crippen LogP contribution in [-0.4, -0.2) is 72.2 Å². The molecule has 13 heteroatoms. The fraction of sp³-hybridized carbons (Fsp3) is 0.163. The van der Waals surface area contributed by atoms with Gasteiger partial charge in [-0.15, -0.1) is 0 Å². The summed E-state index contributed by atoms with van der Waals surface area (Å²) in [5, 5.41) is 4.18. The van der Waals surface area contributed by atoms with Crippen molar-refractivity contribution in [1.82, 2.24) is 10.1 Å². The number of carbonyl (C=O) groups is 4. The minimum absolute atomic E-state index is 0.0851. The van der Waals surface area contributed by atoms with E-state index >= 15 is 0 Å². The van der Waals surface area contributed by atoms with Gasteiger partial charge < -0.3 is 32.9 Å². The Morgan fingerprint density at radius 2 is 1.00 bits per heavy atom. The second kappa shape index (κ2) is 17.3. The van der Waals surface area contributed by atoms with Crippen LogP contribution in [0.1, 0.15) is 53.4 Å². The van der Waals surface area contributed by atoms with Crippen molar-refractivity contribution in [2.24, 2.45) is 0 Å². The Morgan fingerprint density at radius 1 is 0.554 bits per heavy atom. The number of ether oxygens (including phenoxy) is 6. The highest BCUT2D eigenvalue weighted by Crippen LogP contribution is 2.38. The number of benzene rings is 5. The van der Waals surface area contributed by atoms with Crippen molar-refractivity contribution >= 4 is 23.9 Å². The van der Waals surface area contributed by atoms with Gasteiger partial charge in [0.2, 0.25) is 5.82 Å². The predicted octanol–water partition coefficient (Wildman–Crippen LogP) is 6.72. The van der Waals surface area contributed by atoms with Gasteiger partial charge in [0.15, 0.2) is 24.4 Å². The molecule has 0 N–H and O–H groups in total. The van der Waals surface area contributed by atoms with Gasteiger partial charge >= 0.3 is 23.9 Å². The average molecular weight is 755 g/mol. The van der Waals surface area contributed by atoms with E-state index in [-0.39, 0.29) is 34.0 Å². The lowest BCUT2D eigenvalue weighted by Crippen LogP contribution is -2.60. The SMILES string of the molecule is COc1ccc(-c2nc([C@@H]3O[C@H](COC(=O)c4ccccc4)[C@@H](OC(=O)c4ccccc4)[C@H](OC(=O)c4ccccc4)[C@H]3OC(=O)c3ccccc3)no2)cc1. The first-order valence-corrected chi connectivity index (χ1v) is 17.5. The number of nitrogens with zero attached hydrogens (tertiary/aromatic N) is 2. The smallest absolute Gasteiger partial charge is 0.338 e. The highest BCUT2D eigenvalue weighted by atomic mass is 16.7. The van der Waals surface area contributed by atoms with Crippen LogP contribution >= 0.6 is 0 Å². The van der Waals surface area contributed by atoms with E-state index in [1.54, 1.807) is 121 Å². The molecular weight excluding hydrogens is 720 g/mol. The lowest BCUT2D eigenvalue weighted by atomic mass is 9.93. The van der Waals surface area contributed by atoms with Gasteiger partial charge in [-0.3, -0.25) is 0 Å². The molecule has 0 unspecified atom stereocenters. The van der Waals surface area contributed by atoms with Crippen molar-refractivity contribution < 1.29 is 52.1 Å². The molecule has 0 radical (unpaired) electrons. The summed E-state index contributed by atoms with van der Waals surface area (Å²) >= 11 is 0. The summed E-state index contributed by atoms with van der Waals surface area (Å²) < 4.78 is 41.5. The second-order valence-corrected chi connectivity index (χ2v) is 12.5. The van der Waals surface area contributed by atoms with Gasteiger partial charge in [-0.2, -0.15) is 4.98 Å². The Hall–Kier alpha value is -7.12. The van der Waals surface area contributed by atoms with Gasteiger partial charge in [0, 0.05) is 5.56 Å². The number of carbonyl (C=O) groups excluding carboxylic acids is 4. The van der Waals surface area contributed by atoms with Crippen LogP contribution in [0.4, 0.5) is 0 Å². The maximum atomic E-state index is 13.9. The van der Waals surface area contributed by atoms with Gasteiger partial charge in [-0.1, -0.05) is 78.0 Å². The summed E-state index contributed by atoms with van der Waals surface area (Å²) in [6.07, 6.45) is -7.39. The van der Waals surface area contributed by atoms with Crippen LogP contribution in [-0.2, 0) is 23.7 Å². The maximum Gasteiger partial charge on any atom is 0.338 e. The summed E-state index contributed by atoms with van der Waals surface area (Å²) in [7, 11) is 1.54. The maximum absolute atomic E-state index is 13.9. The summed E-state index contributed by atoms with van der Waals surface area (Å²) in [6.45, 7) is -0.501. The predicted molar refractivity (Wildman–Crippen MR) is 198 cm³/mol. The average Bonchev–Trinajstić information content (AvgIpc) is 3.75. The summed E-state index contributed by atoms with van der Waals surface area (Å²) in [6, 6.07) is 39.4. The zero-order valence-corrected chi connectivity index (χ0v) is 29.8. The molecule has 0 saturated carbocycles. The molecule has 0 spiro atoms. The summed E-state index contributed by atoms with van der Waals surface area (Å²) in [5.74, 6) is -2.57. The third kappa shape index (κ3) is 8.64. The summed E-state index contributed by atoms with van der Waals surface area (Å²) in [4.78, 5) is 59.2. The van der Waals surface area contributed by atoms with Gasteiger partial charge in [-0.05, 0) is 72.8 Å². The lowest BCUT2D eigenvalue weighted by Gasteiger charge is -2.43. The Morgan fingerprint density at radius 3 is 1.48 bits per heavy atom. The highest BCUT2D eigenvalue weighted by Gasteiger charge is 2.55. The molecule has 1 aliphatic rings. The molecule has 5 atom stereocenters. The van der Waals surface area contributed by atoms with Crippen molar-refractivity contribution in [2.45, 2.75) is 30.5 Å². The third-order valence-corrected chi connectivity index (χ3v) is 8.81. The topological polar surface area (TPSA) is 163 Å². The number of hydrogen-bond donors (Lipinski definition) is 0. The van der Waals surface area contributed by atoms with Crippen molar-refractivity contribution in [3.63, 3.8) is 0 Å². The number of aromatic nitrogens is 2. The zero-order chi connectivity index (χ0) is 38.9. The molecule has 0 amide bonds. The van der Waals surface area contributed by atoms with Crippen LogP contribution in [0.25, 0.3) is 11.5 Å². The van der Waals surface area contributed by atoms with Crippen molar-refractivity contribution in [1.29, 1.82) is 0 Å². The zero-order valence-electron chi connectivity index (χ0n) is 29.8. The number of rotatable bonds is 12. The molecule has 2 heterocycles. The Kier molecular flexibility index (Phi) is 11.5. The molecule has 0 bridgehead atoms. The van der Waals surface area contributed by atoms with Crippen molar-refractivity contribution in [3.05, 3.63) is 174 Å². The van der Waals surface area contributed by atoms with Crippen LogP contribution in [0, 0.1) is 0 Å². The van der Waals surface area contributed by atoms with E-state index < -0.39 is 61.0 Å². The van der Waals surface area contributed by atoms with E-state index in [9.17, 15) is 19.2 Å². The number of methoxy groups -OCH3 is 1. The first kappa shape index (κ1) is 37.2. The fourth-order valence-corrected chi connectivity index (χ4v) is 5.98. The first-order chi connectivity index (χ1) is 27.4. The molecule has 1 aliphatic heterocycles. The molecule has 7 rings (SSSR count). The van der Waals surface area contributed by atoms with Crippen LogP contribution < -0.4 is 4.74 Å². The molecule has 1 saturated heterocycles. The lowest BCUT2D eigenvalue weighted by molar-refractivity contribution is -0.233. The van der Waals surface area contributed by atoms with Crippen LogP contribution in [0.5, 0.6) is 5.75 Å². The van der Waals surface area contributed by atoms with E-state index in [1.165, 1.54) is 31.4 Å². The van der Waals surface area contributed by atoms with Crippen LogP contribution in [0.2, 0.25) is 0 Å². The highest BCUT2D eigenvalue weighted by molar-refractivity contribution is 5.91. The van der Waals surface area contributed by atoms with E-state index in [0.29, 0.717) is 11.3 Å². The van der Waals surface area contributed by atoms with Gasteiger partial charge in [0.05, 0.1) is 29.4 Å². The van der Waals surface area contributed by atoms with Crippen LogP contribution in [0.3, 0.4) is 0 Å². The van der Waals surface area contributed by atoms with Gasteiger partial charge in [0.25, 0.3) is 5.89 Å². The molecule has 56 heavy (non-hydrogen) atoms. The third-order valence-electron chi connectivity index (χ3n) is 8.81. The second-order valence-electron chi connectivity index (χ2n) is 12.5. The standard InChI is InChI=1S/C43H34N2O11/c1-50-32-24-22-27(23-25-32)39-44-38(45-56-39)37-36(55-43(49)31-20-12-5-13-21-31)35(54-42(48)30-18-10-4-11-19-30)34(53-41(47)29-16-8-3-9-17-29)33(52-37)26-51-40(46)28-14-6-2-7-15-28/h2-25,33-37H,26H2,1H3/t33-,34-,35+,36-,37-/m1/s1. The van der Waals surface area contributed by atoms with Crippen molar-refractivity contribution in [2.75, 3.05) is 13.7 Å². The van der Waals surface area contributed by atoms with Gasteiger partial charge in [0.1, 0.15) is 18.5 Å². The minimum Gasteiger partial charge on any atom is -0.497 e. The van der Waals surface area contributed by atoms with Crippen molar-refractivity contribution in [3.8, 4) is 17.2 Å². The van der Waals surface area contributed by atoms with Gasteiger partial charge in [-0.25, -0.2) is 19.2 Å². The minimum atomic E-state index is -1.58. The Labute approximate surface area is 320 Å². The molecule has 0 aliphatic carbocycles. The van der Waals surface area contributed by atoms with E-state index in [4.69, 9.17) is 32.9 Å². The first-order valence-electron chi connectivity index (χ1n) is 17.5. The normalized spacial score (nSPS) is 18.9. The Balaban J connectivity index is 1.32. The van der Waals surface area contributed by atoms with E-state index in [2.05, 4.69) is 10.1 Å². The monoisotopic (exact) mass is 754 g/mol. The van der Waals surface area contributed by atoms with Crippen LogP contribution in [0.15, 0.2) is 150 Å².